The monoisotopic (exact) mass is 279 g/mol. The molecule has 0 spiro atoms. The molecule has 0 aliphatic carbocycles. The number of hydrogen-bond donors (Lipinski definition) is 1. The van der Waals surface area contributed by atoms with E-state index in [9.17, 15) is 8.42 Å². The molecule has 0 fully saturated rings. The first-order chi connectivity index (χ1) is 8.90. The van der Waals surface area contributed by atoms with Crippen LogP contribution in [-0.2, 0) is 16.4 Å². The summed E-state index contributed by atoms with van der Waals surface area (Å²) in [6.07, 6.45) is 3.16. The Hall–Kier alpha value is -1.82. The minimum atomic E-state index is -3.15. The summed E-state index contributed by atoms with van der Waals surface area (Å²) >= 11 is 0. The second-order valence-electron chi connectivity index (χ2n) is 4.41. The lowest BCUT2D eigenvalue weighted by molar-refractivity contribution is 0.602. The van der Waals surface area contributed by atoms with Crippen molar-refractivity contribution >= 4 is 21.5 Å². The molecule has 1 aromatic heterocycles. The molecular weight excluding hydrogens is 262 g/mol. The maximum Gasteiger partial charge on any atom is 0.207 e. The zero-order chi connectivity index (χ0) is 14.0. The van der Waals surface area contributed by atoms with Crippen LogP contribution in [0.25, 0.3) is 0 Å². The minimum absolute atomic E-state index is 0.313. The van der Waals surface area contributed by atoms with Crippen LogP contribution in [0.3, 0.4) is 0 Å². The van der Waals surface area contributed by atoms with Crippen LogP contribution >= 0.6 is 0 Å². The van der Waals surface area contributed by atoms with Gasteiger partial charge in [-0.15, -0.1) is 0 Å². The van der Waals surface area contributed by atoms with Gasteiger partial charge in [-0.1, -0.05) is 0 Å². The summed E-state index contributed by atoms with van der Waals surface area (Å²) in [5, 5.41) is 3.18. The highest BCUT2D eigenvalue weighted by molar-refractivity contribution is 7.90. The maximum absolute atomic E-state index is 11.4. The number of imidazole rings is 1. The number of rotatable bonds is 4. The average Bonchev–Trinajstić information content (AvgIpc) is 2.69. The van der Waals surface area contributed by atoms with Crippen LogP contribution in [0, 0.1) is 6.92 Å². The predicted molar refractivity (Wildman–Crippen MR) is 75.5 cm³/mol. The van der Waals surface area contributed by atoms with Gasteiger partial charge in [0.25, 0.3) is 0 Å². The second kappa shape index (κ2) is 5.05. The van der Waals surface area contributed by atoms with Crippen molar-refractivity contribution in [3.05, 3.63) is 36.2 Å². The molecule has 6 heteroatoms. The predicted octanol–water partition coefficient (Wildman–Crippen LogP) is 2.36. The molecule has 1 N–H and O–H groups in total. The topological polar surface area (TPSA) is 64.0 Å². The van der Waals surface area contributed by atoms with E-state index < -0.39 is 9.84 Å². The molecule has 0 aliphatic heterocycles. The summed E-state index contributed by atoms with van der Waals surface area (Å²) in [5.74, 6) is 0.757. The third kappa shape index (κ3) is 3.14. The van der Waals surface area contributed by atoms with Gasteiger partial charge in [0.1, 0.15) is 0 Å². The molecule has 5 nitrogen and oxygen atoms in total. The molecular formula is C13H17N3O2S. The van der Waals surface area contributed by atoms with E-state index in [4.69, 9.17) is 0 Å². The largest absolute Gasteiger partial charge is 0.326 e. The van der Waals surface area contributed by atoms with Gasteiger partial charge in [-0.2, -0.15) is 0 Å². The standard InChI is InChI=1S/C13H17N3O2S/c1-4-16-9-10(2)14-13(16)15-11-5-7-12(8-6-11)19(3,17)18/h5-9H,4H2,1-3H3,(H,14,15). The van der Waals surface area contributed by atoms with Crippen molar-refractivity contribution in [3.8, 4) is 0 Å². The molecule has 0 bridgehead atoms. The molecule has 19 heavy (non-hydrogen) atoms. The summed E-state index contributed by atoms with van der Waals surface area (Å²) in [6, 6.07) is 6.65. The Labute approximate surface area is 113 Å². The molecule has 0 saturated heterocycles. The lowest BCUT2D eigenvalue weighted by Gasteiger charge is -2.08. The van der Waals surface area contributed by atoms with Crippen LogP contribution in [0.15, 0.2) is 35.4 Å². The van der Waals surface area contributed by atoms with Crippen molar-refractivity contribution in [1.82, 2.24) is 9.55 Å². The highest BCUT2D eigenvalue weighted by Gasteiger charge is 2.08. The number of aryl methyl sites for hydroxylation is 2. The van der Waals surface area contributed by atoms with E-state index in [1.807, 2.05) is 24.6 Å². The Morgan fingerprint density at radius 3 is 2.42 bits per heavy atom. The lowest BCUT2D eigenvalue weighted by atomic mass is 10.3. The van der Waals surface area contributed by atoms with Crippen molar-refractivity contribution < 1.29 is 8.42 Å². The van der Waals surface area contributed by atoms with E-state index in [2.05, 4.69) is 10.3 Å². The van der Waals surface area contributed by atoms with E-state index in [0.29, 0.717) is 4.90 Å². The fourth-order valence-corrected chi connectivity index (χ4v) is 2.43. The normalized spacial score (nSPS) is 11.5. The number of sulfone groups is 1. The van der Waals surface area contributed by atoms with Gasteiger partial charge < -0.3 is 9.88 Å². The first-order valence-electron chi connectivity index (χ1n) is 6.01. The van der Waals surface area contributed by atoms with Gasteiger partial charge >= 0.3 is 0 Å². The van der Waals surface area contributed by atoms with E-state index >= 15 is 0 Å². The number of nitrogens with zero attached hydrogens (tertiary/aromatic N) is 2. The van der Waals surface area contributed by atoms with Crippen molar-refractivity contribution in [1.29, 1.82) is 0 Å². The van der Waals surface area contributed by atoms with E-state index in [1.54, 1.807) is 24.3 Å². The highest BCUT2D eigenvalue weighted by Crippen LogP contribution is 2.18. The summed E-state index contributed by atoms with van der Waals surface area (Å²) in [4.78, 5) is 4.69. The molecule has 102 valence electrons. The number of anilines is 2. The van der Waals surface area contributed by atoms with Crippen LogP contribution in [0.5, 0.6) is 0 Å². The van der Waals surface area contributed by atoms with E-state index in [-0.39, 0.29) is 0 Å². The van der Waals surface area contributed by atoms with Crippen LogP contribution in [0.2, 0.25) is 0 Å². The molecule has 1 heterocycles. The number of benzene rings is 1. The van der Waals surface area contributed by atoms with Crippen LogP contribution in [-0.4, -0.2) is 24.2 Å². The first kappa shape index (κ1) is 13.6. The Morgan fingerprint density at radius 2 is 1.89 bits per heavy atom. The van der Waals surface area contributed by atoms with Crippen molar-refractivity contribution in [2.24, 2.45) is 0 Å². The van der Waals surface area contributed by atoms with E-state index in [0.717, 1.165) is 23.9 Å². The van der Waals surface area contributed by atoms with Crippen molar-refractivity contribution in [3.63, 3.8) is 0 Å². The summed E-state index contributed by atoms with van der Waals surface area (Å²) < 4.78 is 24.7. The molecule has 0 aliphatic rings. The smallest absolute Gasteiger partial charge is 0.207 e. The average molecular weight is 279 g/mol. The molecule has 2 rings (SSSR count). The highest BCUT2D eigenvalue weighted by atomic mass is 32.2. The fraction of sp³-hybridized carbons (Fsp3) is 0.308. The zero-order valence-corrected chi connectivity index (χ0v) is 12.0. The van der Waals surface area contributed by atoms with Crippen LogP contribution < -0.4 is 5.32 Å². The number of nitrogens with one attached hydrogen (secondary N) is 1. The first-order valence-corrected chi connectivity index (χ1v) is 7.90. The van der Waals surface area contributed by atoms with Crippen molar-refractivity contribution in [2.45, 2.75) is 25.3 Å². The summed E-state index contributed by atoms with van der Waals surface area (Å²) in [6.45, 7) is 4.80. The molecule has 1 aromatic carbocycles. The minimum Gasteiger partial charge on any atom is -0.326 e. The molecule has 0 saturated carbocycles. The molecule has 0 amide bonds. The summed E-state index contributed by atoms with van der Waals surface area (Å²) in [7, 11) is -3.15. The van der Waals surface area contributed by atoms with Crippen LogP contribution in [0.1, 0.15) is 12.6 Å². The molecule has 0 atom stereocenters. The summed E-state index contributed by atoms with van der Waals surface area (Å²) in [5.41, 5.74) is 1.75. The molecule has 2 aromatic rings. The Kier molecular flexibility index (Phi) is 3.61. The lowest BCUT2D eigenvalue weighted by Crippen LogP contribution is -2.02. The Morgan fingerprint density at radius 1 is 1.26 bits per heavy atom. The van der Waals surface area contributed by atoms with Crippen LogP contribution in [0.4, 0.5) is 11.6 Å². The number of aromatic nitrogens is 2. The third-order valence-electron chi connectivity index (χ3n) is 2.78. The van der Waals surface area contributed by atoms with Crippen molar-refractivity contribution in [2.75, 3.05) is 11.6 Å². The van der Waals surface area contributed by atoms with Gasteiger partial charge in [0.2, 0.25) is 5.95 Å². The quantitative estimate of drug-likeness (QED) is 0.933. The van der Waals surface area contributed by atoms with Gasteiger partial charge in [0.05, 0.1) is 10.6 Å². The fourth-order valence-electron chi connectivity index (χ4n) is 1.80. The molecule has 0 radical (unpaired) electrons. The van der Waals surface area contributed by atoms with Gasteiger partial charge in [0, 0.05) is 24.7 Å². The van der Waals surface area contributed by atoms with Gasteiger partial charge in [-0.25, -0.2) is 13.4 Å². The number of hydrogen-bond acceptors (Lipinski definition) is 4. The van der Waals surface area contributed by atoms with Gasteiger partial charge in [-0.3, -0.25) is 0 Å². The Balaban J connectivity index is 2.24. The molecule has 0 unspecified atom stereocenters. The Bertz CT molecular complexity index is 672. The second-order valence-corrected chi connectivity index (χ2v) is 6.43. The SMILES string of the molecule is CCn1cc(C)nc1Nc1ccc(S(C)(=O)=O)cc1. The third-order valence-corrected chi connectivity index (χ3v) is 3.90. The maximum atomic E-state index is 11.4. The van der Waals surface area contributed by atoms with Gasteiger partial charge in [-0.05, 0) is 38.1 Å². The van der Waals surface area contributed by atoms with E-state index in [1.165, 1.54) is 6.26 Å². The zero-order valence-electron chi connectivity index (χ0n) is 11.2. The van der Waals surface area contributed by atoms with Gasteiger partial charge in [0.15, 0.2) is 9.84 Å².